The van der Waals surface area contributed by atoms with Gasteiger partial charge < -0.3 is 19.3 Å². The van der Waals surface area contributed by atoms with Gasteiger partial charge in [-0.05, 0) is 68.3 Å². The van der Waals surface area contributed by atoms with E-state index in [4.69, 9.17) is 14.2 Å². The molecule has 4 fully saturated rings. The Labute approximate surface area is 203 Å². The van der Waals surface area contributed by atoms with E-state index >= 15 is 0 Å². The molecule has 2 heterocycles. The third-order valence-electron chi connectivity index (χ3n) is 9.58. The van der Waals surface area contributed by atoms with Crippen molar-refractivity contribution < 1.29 is 24.1 Å². The Morgan fingerprint density at radius 2 is 2.03 bits per heavy atom. The second-order valence-corrected chi connectivity index (χ2v) is 11.5. The molecule has 0 radical (unpaired) electrons. The van der Waals surface area contributed by atoms with Crippen LogP contribution in [0.3, 0.4) is 0 Å². The van der Waals surface area contributed by atoms with Gasteiger partial charge in [-0.3, -0.25) is 0 Å². The van der Waals surface area contributed by atoms with Crippen molar-refractivity contribution in [2.45, 2.75) is 84.0 Å². The summed E-state index contributed by atoms with van der Waals surface area (Å²) in [4.78, 5) is 15.1. The van der Waals surface area contributed by atoms with E-state index in [1.54, 1.807) is 6.07 Å². The fraction of sp³-hybridized carbons (Fsp3) is 0.714. The highest BCUT2D eigenvalue weighted by molar-refractivity contribution is 5.85. The van der Waals surface area contributed by atoms with E-state index in [0.717, 1.165) is 38.7 Å². The molecule has 1 N–H and O–H groups in total. The smallest absolute Gasteiger partial charge is 0.354 e. The highest BCUT2D eigenvalue weighted by Crippen LogP contribution is 2.63. The summed E-state index contributed by atoms with van der Waals surface area (Å²) in [6.45, 7) is 10.7. The first-order valence-electron chi connectivity index (χ1n) is 13.1. The number of rotatable bonds is 6. The molecule has 6 heteroatoms. The quantitative estimate of drug-likeness (QED) is 0.525. The molecule has 4 aliphatic rings. The van der Waals surface area contributed by atoms with Crippen molar-refractivity contribution in [2.75, 3.05) is 13.2 Å². The van der Waals surface area contributed by atoms with Crippen LogP contribution in [0.5, 0.6) is 5.75 Å². The van der Waals surface area contributed by atoms with Crippen molar-refractivity contribution in [3.63, 3.8) is 0 Å². The SMILES string of the molecule is C=C1CCC2[C@]3(C)CO[C@@H](C4CCCC4)O[C@@H]3CC[C@@]2(C)[C@@H]1CCOc1ccnc(C(=O)O)c1. The molecule has 186 valence electrons. The fourth-order valence-corrected chi connectivity index (χ4v) is 7.77. The number of aromatic nitrogens is 1. The molecule has 0 aromatic carbocycles. The van der Waals surface area contributed by atoms with Gasteiger partial charge in [0.2, 0.25) is 0 Å². The van der Waals surface area contributed by atoms with E-state index in [9.17, 15) is 9.90 Å². The average Bonchev–Trinajstić information content (AvgIpc) is 3.35. The standard InChI is InChI=1S/C28H39NO5/c1-18-8-9-23-27(2,21(18)12-15-32-20-11-14-29-22(16-20)25(30)31)13-10-24-28(23,3)17-33-26(34-24)19-6-4-5-7-19/h11,14,16,19,21,23-24,26H,1,4-10,12-13,15,17H2,2-3H3,(H,30,31)/t21-,23?,24-,26-,27+,28+/m1/s1. The molecule has 3 aliphatic carbocycles. The van der Waals surface area contributed by atoms with Gasteiger partial charge in [0.1, 0.15) is 5.75 Å². The van der Waals surface area contributed by atoms with Gasteiger partial charge in [0.15, 0.2) is 12.0 Å². The Morgan fingerprint density at radius 1 is 1.24 bits per heavy atom. The number of carboxylic acid groups (broad SMARTS) is 1. The zero-order valence-electron chi connectivity index (χ0n) is 20.6. The first kappa shape index (κ1) is 23.8. The highest BCUT2D eigenvalue weighted by Gasteiger charge is 2.60. The maximum absolute atomic E-state index is 11.2. The fourth-order valence-electron chi connectivity index (χ4n) is 7.77. The predicted molar refractivity (Wildman–Crippen MR) is 129 cm³/mol. The summed E-state index contributed by atoms with van der Waals surface area (Å²) in [6, 6.07) is 3.21. The van der Waals surface area contributed by atoms with E-state index < -0.39 is 5.97 Å². The number of hydrogen-bond acceptors (Lipinski definition) is 5. The topological polar surface area (TPSA) is 77.9 Å². The number of pyridine rings is 1. The normalized spacial score (nSPS) is 38.2. The molecule has 3 saturated carbocycles. The minimum absolute atomic E-state index is 0.00561. The van der Waals surface area contributed by atoms with E-state index in [0.29, 0.717) is 30.1 Å². The van der Waals surface area contributed by atoms with Gasteiger partial charge in [0, 0.05) is 23.6 Å². The van der Waals surface area contributed by atoms with Gasteiger partial charge in [-0.15, -0.1) is 0 Å². The van der Waals surface area contributed by atoms with Crippen LogP contribution >= 0.6 is 0 Å². The maximum Gasteiger partial charge on any atom is 0.354 e. The summed E-state index contributed by atoms with van der Waals surface area (Å²) in [5.74, 6) is 0.983. The van der Waals surface area contributed by atoms with Crippen LogP contribution in [0.25, 0.3) is 0 Å². The Balaban J connectivity index is 1.27. The molecule has 1 saturated heterocycles. The molecule has 1 unspecified atom stereocenters. The first-order valence-corrected chi connectivity index (χ1v) is 13.1. The van der Waals surface area contributed by atoms with Crippen LogP contribution in [0.1, 0.15) is 82.1 Å². The molecule has 6 atom stereocenters. The second-order valence-electron chi connectivity index (χ2n) is 11.5. The molecule has 34 heavy (non-hydrogen) atoms. The number of ether oxygens (including phenoxy) is 3. The molecule has 1 aromatic rings. The minimum Gasteiger partial charge on any atom is -0.493 e. The number of nitrogens with zero attached hydrogens (tertiary/aromatic N) is 1. The van der Waals surface area contributed by atoms with Crippen molar-refractivity contribution in [1.29, 1.82) is 0 Å². The largest absolute Gasteiger partial charge is 0.493 e. The Morgan fingerprint density at radius 3 is 2.79 bits per heavy atom. The summed E-state index contributed by atoms with van der Waals surface area (Å²) < 4.78 is 19.1. The van der Waals surface area contributed by atoms with Gasteiger partial charge in [0.05, 0.1) is 19.3 Å². The van der Waals surface area contributed by atoms with E-state index in [2.05, 4.69) is 25.4 Å². The summed E-state index contributed by atoms with van der Waals surface area (Å²) in [7, 11) is 0. The summed E-state index contributed by atoms with van der Waals surface area (Å²) in [6.07, 6.45) is 12.1. The van der Waals surface area contributed by atoms with Crippen molar-refractivity contribution >= 4 is 5.97 Å². The second kappa shape index (κ2) is 9.27. The third-order valence-corrected chi connectivity index (χ3v) is 9.58. The van der Waals surface area contributed by atoms with Crippen LogP contribution in [0.4, 0.5) is 0 Å². The molecule has 0 bridgehead atoms. The zero-order chi connectivity index (χ0) is 23.9. The van der Waals surface area contributed by atoms with Crippen LogP contribution in [-0.4, -0.2) is 41.7 Å². The maximum atomic E-state index is 11.2. The van der Waals surface area contributed by atoms with Gasteiger partial charge >= 0.3 is 5.97 Å². The molecule has 5 rings (SSSR count). The first-order chi connectivity index (χ1) is 16.3. The van der Waals surface area contributed by atoms with Crippen LogP contribution in [0.15, 0.2) is 30.5 Å². The number of carboxylic acids is 1. The summed E-state index contributed by atoms with van der Waals surface area (Å²) >= 11 is 0. The lowest BCUT2D eigenvalue weighted by Crippen LogP contribution is -2.62. The highest BCUT2D eigenvalue weighted by atomic mass is 16.7. The van der Waals surface area contributed by atoms with Gasteiger partial charge in [0.25, 0.3) is 0 Å². The molecular weight excluding hydrogens is 430 g/mol. The van der Waals surface area contributed by atoms with E-state index in [1.165, 1.54) is 43.5 Å². The van der Waals surface area contributed by atoms with Gasteiger partial charge in [-0.2, -0.15) is 0 Å². The minimum atomic E-state index is -1.04. The van der Waals surface area contributed by atoms with Crippen molar-refractivity contribution in [3.05, 3.63) is 36.2 Å². The van der Waals surface area contributed by atoms with Gasteiger partial charge in [-0.25, -0.2) is 9.78 Å². The van der Waals surface area contributed by atoms with Crippen LogP contribution in [-0.2, 0) is 9.47 Å². The molecule has 6 nitrogen and oxygen atoms in total. The molecule has 0 spiro atoms. The molecular formula is C28H39NO5. The number of fused-ring (bicyclic) bond motifs is 3. The van der Waals surface area contributed by atoms with E-state index in [-0.39, 0.29) is 28.9 Å². The Kier molecular flexibility index (Phi) is 6.49. The van der Waals surface area contributed by atoms with Gasteiger partial charge in [-0.1, -0.05) is 38.8 Å². The summed E-state index contributed by atoms with van der Waals surface area (Å²) in [5.41, 5.74) is 1.50. The third kappa shape index (κ3) is 4.17. The molecule has 1 aromatic heterocycles. The molecule has 1 aliphatic heterocycles. The zero-order valence-corrected chi connectivity index (χ0v) is 20.6. The Bertz CT molecular complexity index is 927. The lowest BCUT2D eigenvalue weighted by atomic mass is 9.46. The number of hydrogen-bond donors (Lipinski definition) is 1. The van der Waals surface area contributed by atoms with Crippen LogP contribution in [0, 0.1) is 28.6 Å². The lowest BCUT2D eigenvalue weighted by molar-refractivity contribution is -0.316. The van der Waals surface area contributed by atoms with Crippen molar-refractivity contribution in [2.24, 2.45) is 28.6 Å². The number of carbonyl (C=O) groups is 1. The lowest BCUT2D eigenvalue weighted by Gasteiger charge is -2.63. The predicted octanol–water partition coefficient (Wildman–Crippen LogP) is 5.87. The van der Waals surface area contributed by atoms with Crippen LogP contribution < -0.4 is 4.74 Å². The van der Waals surface area contributed by atoms with Crippen molar-refractivity contribution in [3.8, 4) is 5.75 Å². The Hall–Kier alpha value is -1.92. The average molecular weight is 470 g/mol. The van der Waals surface area contributed by atoms with Crippen LogP contribution in [0.2, 0.25) is 0 Å². The summed E-state index contributed by atoms with van der Waals surface area (Å²) in [5, 5.41) is 9.18. The molecule has 0 amide bonds. The van der Waals surface area contributed by atoms with Crippen molar-refractivity contribution in [1.82, 2.24) is 4.98 Å². The monoisotopic (exact) mass is 469 g/mol. The number of allylic oxidation sites excluding steroid dienone is 1. The number of aromatic carboxylic acids is 1. The van der Waals surface area contributed by atoms with E-state index in [1.807, 2.05) is 0 Å².